The molecule has 0 aromatic heterocycles. The molecule has 1 N–H and O–H groups in total. The lowest BCUT2D eigenvalue weighted by Gasteiger charge is -2.49. The van der Waals surface area contributed by atoms with Crippen LogP contribution in [0.3, 0.4) is 0 Å². The molecule has 8 atom stereocenters. The maximum Gasteiger partial charge on any atom is 0.309 e. The topological polar surface area (TPSA) is 80.7 Å². The molecule has 4 aliphatic rings. The van der Waals surface area contributed by atoms with Gasteiger partial charge in [0.25, 0.3) is 0 Å². The number of hydrogen-bond acceptors (Lipinski definition) is 5. The number of Topliss-reactive ketones (excluding diaryl/α,β-unsaturated/α-hetero) is 1. The molecule has 170 valence electrons. The summed E-state index contributed by atoms with van der Waals surface area (Å²) in [6.45, 7) is 13.9. The highest BCUT2D eigenvalue weighted by Crippen LogP contribution is 2.76. The fourth-order valence-electron chi connectivity index (χ4n) is 7.00. The Morgan fingerprint density at radius 3 is 2.45 bits per heavy atom. The number of aliphatic hydroxyl groups is 1. The van der Waals surface area contributed by atoms with E-state index in [0.717, 1.165) is 6.29 Å². The van der Waals surface area contributed by atoms with Crippen molar-refractivity contribution in [2.75, 3.05) is 0 Å². The SMILES string of the molecule is CC1=CC2C(CC(C=O)=CC3C4C(C)(C)C4(OC(=O)C(C)C(C)C)CC(C)C23O)C1=O. The highest BCUT2D eigenvalue weighted by molar-refractivity contribution is 6.00. The standard InChI is InChI=1S/C26H36O5/c1-13(2)16(5)23(29)31-25-11-15(4)26(30)19-8-14(3)21(28)18(19)9-17(12-27)10-20(26)22(25)24(25,6)7/h8,10,12-13,15-16,18-20,22,30H,9,11H2,1-7H3. The van der Waals surface area contributed by atoms with E-state index in [2.05, 4.69) is 13.8 Å². The van der Waals surface area contributed by atoms with Crippen molar-refractivity contribution in [3.63, 3.8) is 0 Å². The molecular weight excluding hydrogens is 392 g/mol. The van der Waals surface area contributed by atoms with Crippen molar-refractivity contribution in [2.45, 2.75) is 72.5 Å². The van der Waals surface area contributed by atoms with Crippen LogP contribution in [0.25, 0.3) is 0 Å². The highest BCUT2D eigenvalue weighted by Gasteiger charge is 2.82. The van der Waals surface area contributed by atoms with Crippen molar-refractivity contribution in [3.8, 4) is 0 Å². The summed E-state index contributed by atoms with van der Waals surface area (Å²) in [5.74, 6) is -1.55. The van der Waals surface area contributed by atoms with Crippen LogP contribution >= 0.6 is 0 Å². The summed E-state index contributed by atoms with van der Waals surface area (Å²) < 4.78 is 6.27. The second-order valence-electron chi connectivity index (χ2n) is 11.5. The number of ether oxygens (including phenoxy) is 1. The fourth-order valence-corrected chi connectivity index (χ4v) is 7.00. The van der Waals surface area contributed by atoms with Crippen molar-refractivity contribution < 1.29 is 24.2 Å². The first-order valence-electron chi connectivity index (χ1n) is 11.7. The summed E-state index contributed by atoms with van der Waals surface area (Å²) in [6.07, 6.45) is 5.56. The van der Waals surface area contributed by atoms with Crippen LogP contribution in [0.5, 0.6) is 0 Å². The minimum atomic E-state index is -1.15. The van der Waals surface area contributed by atoms with E-state index in [4.69, 9.17) is 4.74 Å². The molecule has 0 bridgehead atoms. The van der Waals surface area contributed by atoms with Crippen molar-refractivity contribution in [1.29, 1.82) is 0 Å². The summed E-state index contributed by atoms with van der Waals surface area (Å²) in [5, 5.41) is 12.2. The second-order valence-corrected chi connectivity index (χ2v) is 11.5. The van der Waals surface area contributed by atoms with Gasteiger partial charge in [0.15, 0.2) is 5.78 Å². The highest BCUT2D eigenvalue weighted by atomic mass is 16.6. The Hall–Kier alpha value is -1.75. The first kappa shape index (κ1) is 22.4. The average molecular weight is 429 g/mol. The molecule has 2 saturated carbocycles. The lowest BCUT2D eigenvalue weighted by molar-refractivity contribution is -0.177. The van der Waals surface area contributed by atoms with Gasteiger partial charge in [0.1, 0.15) is 11.9 Å². The lowest BCUT2D eigenvalue weighted by atomic mass is 9.61. The molecule has 0 amide bonds. The molecule has 0 heterocycles. The predicted octanol–water partition coefficient (Wildman–Crippen LogP) is 3.89. The normalized spacial score (nSPS) is 43.6. The monoisotopic (exact) mass is 428 g/mol. The van der Waals surface area contributed by atoms with Gasteiger partial charge >= 0.3 is 5.97 Å². The van der Waals surface area contributed by atoms with Crippen LogP contribution in [0, 0.1) is 46.8 Å². The zero-order valence-corrected chi connectivity index (χ0v) is 19.8. The van der Waals surface area contributed by atoms with E-state index in [1.165, 1.54) is 0 Å². The van der Waals surface area contributed by atoms with Crippen LogP contribution in [0.4, 0.5) is 0 Å². The van der Waals surface area contributed by atoms with Gasteiger partial charge in [-0.1, -0.05) is 53.7 Å². The summed E-state index contributed by atoms with van der Waals surface area (Å²) in [6, 6.07) is 0. The first-order valence-corrected chi connectivity index (χ1v) is 11.7. The molecular formula is C26H36O5. The number of aldehydes is 1. The fraction of sp³-hybridized carbons (Fsp3) is 0.731. The molecule has 8 unspecified atom stereocenters. The van der Waals surface area contributed by atoms with E-state index in [0.29, 0.717) is 24.0 Å². The third-order valence-corrected chi connectivity index (χ3v) is 9.36. The van der Waals surface area contributed by atoms with Gasteiger partial charge in [-0.25, -0.2) is 0 Å². The van der Waals surface area contributed by atoms with Crippen LogP contribution in [-0.4, -0.2) is 34.3 Å². The molecule has 2 fully saturated rings. The molecule has 5 heteroatoms. The molecule has 31 heavy (non-hydrogen) atoms. The van der Waals surface area contributed by atoms with Crippen LogP contribution in [0.15, 0.2) is 23.3 Å². The number of esters is 1. The van der Waals surface area contributed by atoms with Gasteiger partial charge in [-0.15, -0.1) is 0 Å². The summed E-state index contributed by atoms with van der Waals surface area (Å²) in [7, 11) is 0. The van der Waals surface area contributed by atoms with E-state index >= 15 is 0 Å². The van der Waals surface area contributed by atoms with E-state index in [9.17, 15) is 19.5 Å². The Labute approximate surface area is 185 Å². The number of carbonyl (C=O) groups is 3. The molecule has 5 nitrogen and oxygen atoms in total. The Kier molecular flexibility index (Phi) is 4.98. The van der Waals surface area contributed by atoms with Gasteiger partial charge in [0, 0.05) is 29.1 Å². The molecule has 0 aliphatic heterocycles. The predicted molar refractivity (Wildman–Crippen MR) is 117 cm³/mol. The van der Waals surface area contributed by atoms with Gasteiger partial charge in [-0.2, -0.15) is 0 Å². The molecule has 4 aliphatic carbocycles. The largest absolute Gasteiger partial charge is 0.458 e. The van der Waals surface area contributed by atoms with E-state index in [-0.39, 0.29) is 52.7 Å². The average Bonchev–Trinajstić information content (AvgIpc) is 3.07. The third kappa shape index (κ3) is 2.81. The third-order valence-electron chi connectivity index (χ3n) is 9.36. The maximum atomic E-state index is 13.0. The zero-order chi connectivity index (χ0) is 23.1. The number of ketones is 1. The minimum absolute atomic E-state index is 0.0307. The number of allylic oxidation sites excluding steroid dienone is 2. The lowest BCUT2D eigenvalue weighted by Crippen LogP contribution is -2.56. The van der Waals surface area contributed by atoms with E-state index in [1.807, 2.05) is 39.8 Å². The Morgan fingerprint density at radius 1 is 1.23 bits per heavy atom. The number of rotatable bonds is 4. The summed E-state index contributed by atoms with van der Waals surface area (Å²) in [5.41, 5.74) is -0.893. The van der Waals surface area contributed by atoms with Gasteiger partial charge in [-0.05, 0) is 42.7 Å². The smallest absolute Gasteiger partial charge is 0.309 e. The zero-order valence-electron chi connectivity index (χ0n) is 19.8. The van der Waals surface area contributed by atoms with Crippen molar-refractivity contribution in [3.05, 3.63) is 23.3 Å². The van der Waals surface area contributed by atoms with Gasteiger partial charge in [-0.3, -0.25) is 14.4 Å². The van der Waals surface area contributed by atoms with Crippen molar-refractivity contribution in [2.24, 2.45) is 46.8 Å². The molecule has 0 saturated heterocycles. The van der Waals surface area contributed by atoms with E-state index in [1.54, 1.807) is 6.92 Å². The van der Waals surface area contributed by atoms with Crippen LogP contribution in [0.1, 0.15) is 61.3 Å². The van der Waals surface area contributed by atoms with Crippen LogP contribution in [0.2, 0.25) is 0 Å². The summed E-state index contributed by atoms with van der Waals surface area (Å²) in [4.78, 5) is 37.7. The van der Waals surface area contributed by atoms with Gasteiger partial charge in [0.05, 0.1) is 11.5 Å². The second kappa shape index (κ2) is 6.87. The maximum absolute atomic E-state index is 13.0. The van der Waals surface area contributed by atoms with Crippen LogP contribution in [-0.2, 0) is 19.1 Å². The quantitative estimate of drug-likeness (QED) is 0.543. The first-order chi connectivity index (χ1) is 14.3. The van der Waals surface area contributed by atoms with Gasteiger partial charge < -0.3 is 9.84 Å². The molecule has 0 aromatic carbocycles. The Balaban J connectivity index is 1.78. The minimum Gasteiger partial charge on any atom is -0.458 e. The molecule has 0 aromatic rings. The Bertz CT molecular complexity index is 895. The molecule has 0 spiro atoms. The van der Waals surface area contributed by atoms with Crippen LogP contribution < -0.4 is 0 Å². The number of fused-ring (bicyclic) bond motifs is 5. The van der Waals surface area contributed by atoms with E-state index < -0.39 is 17.1 Å². The molecule has 0 radical (unpaired) electrons. The van der Waals surface area contributed by atoms with Gasteiger partial charge in [0.2, 0.25) is 0 Å². The molecule has 4 rings (SSSR count). The summed E-state index contributed by atoms with van der Waals surface area (Å²) >= 11 is 0. The number of hydrogen-bond donors (Lipinski definition) is 1. The van der Waals surface area contributed by atoms with Crippen molar-refractivity contribution in [1.82, 2.24) is 0 Å². The van der Waals surface area contributed by atoms with Crippen molar-refractivity contribution >= 4 is 18.0 Å². The Morgan fingerprint density at radius 2 is 1.87 bits per heavy atom. The number of carbonyl (C=O) groups excluding carboxylic acids is 3.